The third-order valence-corrected chi connectivity index (χ3v) is 4.55. The molecule has 1 saturated heterocycles. The SMILES string of the molecule is Cc1cc(Br)c(NC(=O)CCC2CCCCO2)cc1Cl. The highest BCUT2D eigenvalue weighted by Crippen LogP contribution is 2.29. The van der Waals surface area contributed by atoms with Gasteiger partial charge in [-0.05, 0) is 66.2 Å². The molecule has 1 atom stereocenters. The van der Waals surface area contributed by atoms with Crippen molar-refractivity contribution in [2.45, 2.75) is 45.1 Å². The zero-order valence-electron chi connectivity index (χ0n) is 11.5. The Bertz CT molecular complexity index is 487. The molecule has 0 aromatic heterocycles. The Morgan fingerprint density at radius 1 is 1.50 bits per heavy atom. The summed E-state index contributed by atoms with van der Waals surface area (Å²) in [7, 11) is 0. The molecule has 0 saturated carbocycles. The molecule has 1 heterocycles. The van der Waals surface area contributed by atoms with Crippen LogP contribution in [0.4, 0.5) is 5.69 Å². The molecule has 0 bridgehead atoms. The zero-order valence-corrected chi connectivity index (χ0v) is 13.9. The maximum atomic E-state index is 12.0. The number of carbonyl (C=O) groups excluding carboxylic acids is 1. The fraction of sp³-hybridized carbons (Fsp3) is 0.533. The van der Waals surface area contributed by atoms with E-state index in [1.165, 1.54) is 6.42 Å². The van der Waals surface area contributed by atoms with Crippen molar-refractivity contribution >= 4 is 39.1 Å². The molecule has 1 aliphatic heterocycles. The lowest BCUT2D eigenvalue weighted by Gasteiger charge is -2.22. The van der Waals surface area contributed by atoms with E-state index in [-0.39, 0.29) is 12.0 Å². The van der Waals surface area contributed by atoms with Crippen LogP contribution in [0.25, 0.3) is 0 Å². The number of carbonyl (C=O) groups is 1. The summed E-state index contributed by atoms with van der Waals surface area (Å²) in [6.45, 7) is 2.75. The highest BCUT2D eigenvalue weighted by atomic mass is 79.9. The molecule has 1 amide bonds. The lowest BCUT2D eigenvalue weighted by atomic mass is 10.0. The summed E-state index contributed by atoms with van der Waals surface area (Å²) < 4.78 is 6.48. The molecule has 3 nitrogen and oxygen atoms in total. The van der Waals surface area contributed by atoms with Crippen molar-refractivity contribution in [1.82, 2.24) is 0 Å². The van der Waals surface area contributed by atoms with Gasteiger partial charge in [-0.1, -0.05) is 11.6 Å². The van der Waals surface area contributed by atoms with E-state index in [1.54, 1.807) is 6.07 Å². The van der Waals surface area contributed by atoms with Gasteiger partial charge in [-0.3, -0.25) is 4.79 Å². The summed E-state index contributed by atoms with van der Waals surface area (Å²) in [5.41, 5.74) is 1.70. The van der Waals surface area contributed by atoms with E-state index in [2.05, 4.69) is 21.2 Å². The van der Waals surface area contributed by atoms with Crippen LogP contribution < -0.4 is 5.32 Å². The van der Waals surface area contributed by atoms with Gasteiger partial charge in [0, 0.05) is 22.5 Å². The summed E-state index contributed by atoms with van der Waals surface area (Å²) >= 11 is 9.52. The number of hydrogen-bond acceptors (Lipinski definition) is 2. The van der Waals surface area contributed by atoms with E-state index in [4.69, 9.17) is 16.3 Å². The predicted octanol–water partition coefficient (Wildman–Crippen LogP) is 4.70. The molecule has 1 aliphatic rings. The number of anilines is 1. The third kappa shape index (κ3) is 4.47. The lowest BCUT2D eigenvalue weighted by molar-refractivity contribution is -0.117. The summed E-state index contributed by atoms with van der Waals surface area (Å²) in [5, 5.41) is 3.54. The van der Waals surface area contributed by atoms with Gasteiger partial charge in [0.25, 0.3) is 0 Å². The number of rotatable bonds is 4. The predicted molar refractivity (Wildman–Crippen MR) is 85.3 cm³/mol. The first-order valence-corrected chi connectivity index (χ1v) is 8.10. The van der Waals surface area contributed by atoms with Gasteiger partial charge in [0.1, 0.15) is 0 Å². The monoisotopic (exact) mass is 359 g/mol. The Morgan fingerprint density at radius 2 is 2.30 bits per heavy atom. The second-order valence-corrected chi connectivity index (χ2v) is 6.42. The van der Waals surface area contributed by atoms with Crippen molar-refractivity contribution in [1.29, 1.82) is 0 Å². The van der Waals surface area contributed by atoms with Crippen LogP contribution in [0, 0.1) is 6.92 Å². The average molecular weight is 361 g/mol. The van der Waals surface area contributed by atoms with Gasteiger partial charge >= 0.3 is 0 Å². The number of hydrogen-bond donors (Lipinski definition) is 1. The fourth-order valence-corrected chi connectivity index (χ4v) is 3.00. The van der Waals surface area contributed by atoms with Gasteiger partial charge in [0.05, 0.1) is 11.8 Å². The smallest absolute Gasteiger partial charge is 0.224 e. The number of nitrogens with one attached hydrogen (secondary N) is 1. The van der Waals surface area contributed by atoms with E-state index in [0.717, 1.165) is 41.6 Å². The van der Waals surface area contributed by atoms with Gasteiger partial charge in [-0.2, -0.15) is 0 Å². The number of aryl methyl sites for hydroxylation is 1. The molecular formula is C15H19BrClNO2. The highest BCUT2D eigenvalue weighted by Gasteiger charge is 2.16. The van der Waals surface area contributed by atoms with Crippen molar-refractivity contribution in [3.63, 3.8) is 0 Å². The molecule has 1 aromatic carbocycles. The Hall–Kier alpha value is -0.580. The van der Waals surface area contributed by atoms with Gasteiger partial charge < -0.3 is 10.1 Å². The van der Waals surface area contributed by atoms with Crippen LogP contribution >= 0.6 is 27.5 Å². The maximum absolute atomic E-state index is 12.0. The Kier molecular flexibility index (Phi) is 5.87. The van der Waals surface area contributed by atoms with Crippen LogP contribution in [0.1, 0.15) is 37.7 Å². The maximum Gasteiger partial charge on any atom is 0.224 e. The first-order valence-electron chi connectivity index (χ1n) is 6.93. The van der Waals surface area contributed by atoms with Crippen molar-refractivity contribution in [3.05, 3.63) is 27.2 Å². The number of halogens is 2. The largest absolute Gasteiger partial charge is 0.378 e. The molecule has 1 aromatic rings. The minimum absolute atomic E-state index is 0.000191. The van der Waals surface area contributed by atoms with Crippen molar-refractivity contribution in [2.24, 2.45) is 0 Å². The van der Waals surface area contributed by atoms with Crippen LogP contribution in [0.5, 0.6) is 0 Å². The molecule has 1 fully saturated rings. The van der Waals surface area contributed by atoms with E-state index in [0.29, 0.717) is 11.4 Å². The highest BCUT2D eigenvalue weighted by molar-refractivity contribution is 9.10. The molecule has 1 unspecified atom stereocenters. The molecule has 0 aliphatic carbocycles. The van der Waals surface area contributed by atoms with Gasteiger partial charge in [-0.15, -0.1) is 0 Å². The first-order chi connectivity index (χ1) is 9.56. The molecular weight excluding hydrogens is 342 g/mol. The topological polar surface area (TPSA) is 38.3 Å². The van der Waals surface area contributed by atoms with Gasteiger partial charge in [0.2, 0.25) is 5.91 Å². The van der Waals surface area contributed by atoms with Crippen LogP contribution in [0.3, 0.4) is 0 Å². The number of benzene rings is 1. The van der Waals surface area contributed by atoms with Crippen LogP contribution in [-0.2, 0) is 9.53 Å². The molecule has 110 valence electrons. The van der Waals surface area contributed by atoms with E-state index in [1.807, 2.05) is 13.0 Å². The van der Waals surface area contributed by atoms with E-state index >= 15 is 0 Å². The molecule has 1 N–H and O–H groups in total. The van der Waals surface area contributed by atoms with Gasteiger partial charge in [0.15, 0.2) is 0 Å². The van der Waals surface area contributed by atoms with Gasteiger partial charge in [-0.25, -0.2) is 0 Å². The molecule has 20 heavy (non-hydrogen) atoms. The molecule has 2 rings (SSSR count). The zero-order chi connectivity index (χ0) is 14.5. The Balaban J connectivity index is 1.86. The quantitative estimate of drug-likeness (QED) is 0.845. The summed E-state index contributed by atoms with van der Waals surface area (Å²) in [4.78, 5) is 12.0. The van der Waals surface area contributed by atoms with E-state index < -0.39 is 0 Å². The second-order valence-electron chi connectivity index (χ2n) is 5.16. The van der Waals surface area contributed by atoms with Crippen molar-refractivity contribution < 1.29 is 9.53 Å². The van der Waals surface area contributed by atoms with Crippen molar-refractivity contribution in [3.8, 4) is 0 Å². The number of ether oxygens (including phenoxy) is 1. The van der Waals surface area contributed by atoms with E-state index in [9.17, 15) is 4.79 Å². The molecule has 0 radical (unpaired) electrons. The Labute approximate surface area is 133 Å². The third-order valence-electron chi connectivity index (χ3n) is 3.49. The number of amides is 1. The second kappa shape index (κ2) is 7.43. The Morgan fingerprint density at radius 3 is 3.00 bits per heavy atom. The van der Waals surface area contributed by atoms with Crippen LogP contribution in [0.2, 0.25) is 5.02 Å². The van der Waals surface area contributed by atoms with Crippen LogP contribution in [0.15, 0.2) is 16.6 Å². The van der Waals surface area contributed by atoms with Crippen molar-refractivity contribution in [2.75, 3.05) is 11.9 Å². The standard InChI is InChI=1S/C15H19BrClNO2/c1-10-8-12(16)14(9-13(10)17)18-15(19)6-5-11-4-2-3-7-20-11/h8-9,11H,2-7H2,1H3,(H,18,19). The minimum Gasteiger partial charge on any atom is -0.378 e. The molecule has 5 heteroatoms. The fourth-order valence-electron chi connectivity index (χ4n) is 2.28. The summed E-state index contributed by atoms with van der Waals surface area (Å²) in [5.74, 6) is -0.000191. The normalized spacial score (nSPS) is 18.9. The first kappa shape index (κ1) is 15.8. The van der Waals surface area contributed by atoms with Crippen LogP contribution in [-0.4, -0.2) is 18.6 Å². The summed E-state index contributed by atoms with van der Waals surface area (Å²) in [6, 6.07) is 3.68. The average Bonchev–Trinajstić information content (AvgIpc) is 2.44. The lowest BCUT2D eigenvalue weighted by Crippen LogP contribution is -2.21. The summed E-state index contributed by atoms with van der Waals surface area (Å²) in [6.07, 6.45) is 4.89. The minimum atomic E-state index is -0.000191. The molecule has 0 spiro atoms.